The van der Waals surface area contributed by atoms with Gasteiger partial charge >= 0.3 is 0 Å². The molecule has 0 bridgehead atoms. The van der Waals surface area contributed by atoms with Crippen molar-refractivity contribution in [2.24, 2.45) is 13.0 Å². The highest BCUT2D eigenvalue weighted by Crippen LogP contribution is 2.36. The van der Waals surface area contributed by atoms with E-state index in [0.29, 0.717) is 17.9 Å². The van der Waals surface area contributed by atoms with Crippen LogP contribution in [0.2, 0.25) is 0 Å². The van der Waals surface area contributed by atoms with Crippen molar-refractivity contribution in [2.45, 2.75) is 50.5 Å². The van der Waals surface area contributed by atoms with Crippen molar-refractivity contribution in [3.63, 3.8) is 0 Å². The number of aromatic nitrogens is 2. The van der Waals surface area contributed by atoms with Gasteiger partial charge in [-0.3, -0.25) is 9.58 Å². The average Bonchev–Trinajstić information content (AvgIpc) is 3.29. The Balaban J connectivity index is 1.23. The monoisotopic (exact) mass is 430 g/mol. The lowest BCUT2D eigenvalue weighted by Crippen LogP contribution is -2.45. The second-order valence-corrected chi connectivity index (χ2v) is 9.63. The van der Waals surface area contributed by atoms with Gasteiger partial charge in [-0.2, -0.15) is 5.10 Å². The fourth-order valence-electron chi connectivity index (χ4n) is 5.75. The van der Waals surface area contributed by atoms with Crippen LogP contribution < -0.4 is 4.74 Å². The van der Waals surface area contributed by atoms with E-state index in [1.807, 2.05) is 24.0 Å². The van der Waals surface area contributed by atoms with Crippen molar-refractivity contribution < 1.29 is 4.74 Å². The number of fused-ring (bicyclic) bond motifs is 1. The summed E-state index contributed by atoms with van der Waals surface area (Å²) in [7, 11) is 3.70. The van der Waals surface area contributed by atoms with Crippen LogP contribution in [-0.4, -0.2) is 46.6 Å². The molecule has 0 radical (unpaired) electrons. The van der Waals surface area contributed by atoms with Gasteiger partial charge in [0.05, 0.1) is 13.3 Å². The first-order valence-corrected chi connectivity index (χ1v) is 12.0. The molecule has 1 N–H and O–H groups in total. The molecule has 1 saturated carbocycles. The van der Waals surface area contributed by atoms with E-state index in [1.54, 1.807) is 7.11 Å². The van der Waals surface area contributed by atoms with Crippen LogP contribution in [0, 0.1) is 11.3 Å². The number of benzene rings is 2. The first-order chi connectivity index (χ1) is 15.6. The smallest absolute Gasteiger partial charge is 0.119 e. The van der Waals surface area contributed by atoms with Gasteiger partial charge in [-0.05, 0) is 91.1 Å². The lowest BCUT2D eigenvalue weighted by atomic mass is 9.80. The first kappa shape index (κ1) is 21.2. The molecule has 1 aliphatic carbocycles. The van der Waals surface area contributed by atoms with Crippen molar-refractivity contribution in [3.8, 4) is 5.75 Å². The van der Waals surface area contributed by atoms with E-state index in [0.717, 1.165) is 35.4 Å². The fourth-order valence-corrected chi connectivity index (χ4v) is 5.75. The summed E-state index contributed by atoms with van der Waals surface area (Å²) in [5.41, 5.74) is 3.27. The Morgan fingerprint density at radius 3 is 2.56 bits per heavy atom. The van der Waals surface area contributed by atoms with Crippen LogP contribution in [0.25, 0.3) is 10.8 Å². The minimum atomic E-state index is 0.329. The summed E-state index contributed by atoms with van der Waals surface area (Å²) in [5, 5.41) is 15.7. The van der Waals surface area contributed by atoms with Crippen LogP contribution in [-0.2, 0) is 7.05 Å². The molecular weight excluding hydrogens is 396 g/mol. The maximum absolute atomic E-state index is 8.97. The second-order valence-electron chi connectivity index (χ2n) is 9.63. The number of aryl methyl sites for hydroxylation is 1. The Hall–Kier alpha value is -2.66. The number of methoxy groups -OCH3 is 1. The summed E-state index contributed by atoms with van der Waals surface area (Å²) in [6.45, 7) is 2.21. The Morgan fingerprint density at radius 2 is 1.81 bits per heavy atom. The summed E-state index contributed by atoms with van der Waals surface area (Å²) in [4.78, 5) is 2.69. The van der Waals surface area contributed by atoms with E-state index in [-0.39, 0.29) is 0 Å². The zero-order valence-corrected chi connectivity index (χ0v) is 19.3. The highest BCUT2D eigenvalue weighted by Gasteiger charge is 2.32. The number of ether oxygens (including phenoxy) is 1. The predicted molar refractivity (Wildman–Crippen MR) is 130 cm³/mol. The summed E-state index contributed by atoms with van der Waals surface area (Å²) < 4.78 is 7.27. The van der Waals surface area contributed by atoms with Crippen molar-refractivity contribution in [2.75, 3.05) is 20.2 Å². The first-order valence-electron chi connectivity index (χ1n) is 12.0. The van der Waals surface area contributed by atoms with Crippen LogP contribution in [0.5, 0.6) is 5.75 Å². The van der Waals surface area contributed by atoms with Crippen LogP contribution in [0.4, 0.5) is 0 Å². The number of hydrogen-bond acceptors (Lipinski definition) is 4. The molecular formula is C27H34N4O. The van der Waals surface area contributed by atoms with E-state index >= 15 is 0 Å². The molecule has 1 aromatic heterocycles. The second kappa shape index (κ2) is 9.07. The van der Waals surface area contributed by atoms with Gasteiger partial charge in [0, 0.05) is 37.5 Å². The summed E-state index contributed by atoms with van der Waals surface area (Å²) in [6.07, 6.45) is 11.6. The van der Waals surface area contributed by atoms with Crippen molar-refractivity contribution in [1.29, 1.82) is 5.41 Å². The molecule has 32 heavy (non-hydrogen) atoms. The van der Waals surface area contributed by atoms with Gasteiger partial charge in [-0.1, -0.05) is 18.2 Å². The van der Waals surface area contributed by atoms with Gasteiger partial charge in [0.1, 0.15) is 5.75 Å². The fraction of sp³-hybridized carbons (Fsp3) is 0.481. The zero-order valence-electron chi connectivity index (χ0n) is 19.3. The number of nitrogens with one attached hydrogen (secondary N) is 1. The summed E-state index contributed by atoms with van der Waals surface area (Å²) in [6, 6.07) is 13.2. The zero-order chi connectivity index (χ0) is 22.1. The number of rotatable bonds is 5. The number of piperidine rings is 1. The molecule has 0 spiro atoms. The molecule has 1 saturated heterocycles. The van der Waals surface area contributed by atoms with Crippen LogP contribution in [0.15, 0.2) is 48.8 Å². The molecule has 0 amide bonds. The topological polar surface area (TPSA) is 54.1 Å². The molecule has 1 aliphatic heterocycles. The molecule has 1 unspecified atom stereocenters. The van der Waals surface area contributed by atoms with Crippen molar-refractivity contribution in [1.82, 2.24) is 14.7 Å². The average molecular weight is 431 g/mol. The third-order valence-corrected chi connectivity index (χ3v) is 7.63. The Bertz CT molecular complexity index is 1100. The van der Waals surface area contributed by atoms with E-state index in [1.165, 1.54) is 49.6 Å². The molecule has 5 heteroatoms. The van der Waals surface area contributed by atoms with Crippen LogP contribution in [0.3, 0.4) is 0 Å². The maximum Gasteiger partial charge on any atom is 0.119 e. The minimum Gasteiger partial charge on any atom is -0.497 e. The predicted octanol–water partition coefficient (Wildman–Crippen LogP) is 5.39. The lowest BCUT2D eigenvalue weighted by molar-refractivity contribution is 0.111. The Kier molecular flexibility index (Phi) is 6.01. The molecule has 2 fully saturated rings. The van der Waals surface area contributed by atoms with Gasteiger partial charge in [0.2, 0.25) is 0 Å². The van der Waals surface area contributed by atoms with Gasteiger partial charge in [-0.15, -0.1) is 0 Å². The van der Waals surface area contributed by atoms with E-state index in [2.05, 4.69) is 46.5 Å². The van der Waals surface area contributed by atoms with E-state index in [9.17, 15) is 0 Å². The van der Waals surface area contributed by atoms with Crippen LogP contribution >= 0.6 is 0 Å². The van der Waals surface area contributed by atoms with Gasteiger partial charge in [-0.25, -0.2) is 0 Å². The standard InChI is InChI=1S/C27H34N4O/c1-30-17-24(16-29-30)19-7-10-25(11-8-19)31-13-3-4-23(18-31)27(28)22-6-5-21-15-26(32-2)12-9-20(21)14-22/h5-6,9,12,14-17,19,23,25,28H,3-4,7-8,10-11,13,18H2,1-2H3. The highest BCUT2D eigenvalue weighted by atomic mass is 16.5. The number of hydrogen-bond donors (Lipinski definition) is 1. The third-order valence-electron chi connectivity index (χ3n) is 7.63. The summed E-state index contributed by atoms with van der Waals surface area (Å²) in [5.74, 6) is 1.87. The van der Waals surface area contributed by atoms with Crippen molar-refractivity contribution >= 4 is 16.5 Å². The molecule has 5 nitrogen and oxygen atoms in total. The molecule has 168 valence electrons. The Labute approximate surface area is 190 Å². The lowest BCUT2D eigenvalue weighted by Gasteiger charge is -2.41. The number of nitrogens with zero attached hydrogens (tertiary/aromatic N) is 3. The highest BCUT2D eigenvalue weighted by molar-refractivity contribution is 6.03. The normalized spacial score (nSPS) is 24.5. The summed E-state index contributed by atoms with van der Waals surface area (Å²) >= 11 is 0. The van der Waals surface area contributed by atoms with Gasteiger partial charge in [0.25, 0.3) is 0 Å². The van der Waals surface area contributed by atoms with Gasteiger partial charge in [0.15, 0.2) is 0 Å². The largest absolute Gasteiger partial charge is 0.497 e. The molecule has 2 aromatic carbocycles. The minimum absolute atomic E-state index is 0.329. The quantitative estimate of drug-likeness (QED) is 0.552. The molecule has 5 rings (SSSR count). The van der Waals surface area contributed by atoms with Crippen molar-refractivity contribution in [3.05, 3.63) is 59.9 Å². The van der Waals surface area contributed by atoms with E-state index < -0.39 is 0 Å². The van der Waals surface area contributed by atoms with E-state index in [4.69, 9.17) is 10.1 Å². The molecule has 3 aromatic rings. The Morgan fingerprint density at radius 1 is 1.03 bits per heavy atom. The molecule has 2 heterocycles. The van der Waals surface area contributed by atoms with Crippen LogP contribution in [0.1, 0.15) is 55.6 Å². The molecule has 1 atom stereocenters. The maximum atomic E-state index is 8.97. The SMILES string of the molecule is COc1ccc2cc(C(=N)C3CCCN(C4CCC(c5cnn(C)c5)CC4)C3)ccc2c1. The molecule has 2 aliphatic rings. The number of likely N-dealkylation sites (tertiary alicyclic amines) is 1. The van der Waals surface area contributed by atoms with Gasteiger partial charge < -0.3 is 10.1 Å². The third kappa shape index (κ3) is 4.31.